The molecule has 4 nitrogen and oxygen atoms in total. The summed E-state index contributed by atoms with van der Waals surface area (Å²) in [5.74, 6) is -0.848. The first-order chi connectivity index (χ1) is 14.0. The molecule has 0 unspecified atom stereocenters. The zero-order valence-corrected chi connectivity index (χ0v) is 16.4. The lowest BCUT2D eigenvalue weighted by atomic mass is 10.0. The first-order valence-corrected chi connectivity index (χ1v) is 10.3. The number of rotatable bonds is 2. The topological polar surface area (TPSA) is 32.8 Å². The predicted octanol–water partition coefficient (Wildman–Crippen LogP) is 4.09. The van der Waals surface area contributed by atoms with Gasteiger partial charge in [0.15, 0.2) is 0 Å². The van der Waals surface area contributed by atoms with E-state index in [-0.39, 0.29) is 18.1 Å². The second kappa shape index (κ2) is 7.10. The summed E-state index contributed by atoms with van der Waals surface area (Å²) in [6, 6.07) is 9.17. The number of nitrogens with zero attached hydrogens (tertiary/aromatic N) is 2. The Morgan fingerprint density at radius 2 is 1.76 bits per heavy atom. The SMILES string of the molecule is CN1C(=O)c2ccc(-c3ccc(F)cc3F)cc2O[C@H]2CN(C3CCCC3)C[C@H]21. The molecule has 5 rings (SSSR count). The van der Waals surface area contributed by atoms with Crippen LogP contribution in [0.1, 0.15) is 36.0 Å². The molecular weight excluding hydrogens is 374 g/mol. The summed E-state index contributed by atoms with van der Waals surface area (Å²) in [6.07, 6.45) is 4.84. The van der Waals surface area contributed by atoms with Gasteiger partial charge in [-0.3, -0.25) is 9.69 Å². The highest BCUT2D eigenvalue weighted by molar-refractivity contribution is 5.98. The highest BCUT2D eigenvalue weighted by Gasteiger charge is 2.44. The van der Waals surface area contributed by atoms with Gasteiger partial charge in [0.25, 0.3) is 5.91 Å². The van der Waals surface area contributed by atoms with Crippen molar-refractivity contribution in [2.24, 2.45) is 0 Å². The predicted molar refractivity (Wildman–Crippen MR) is 106 cm³/mol. The number of ether oxygens (including phenoxy) is 1. The van der Waals surface area contributed by atoms with E-state index in [0.29, 0.717) is 28.5 Å². The number of amides is 1. The maximum absolute atomic E-state index is 14.3. The molecule has 152 valence electrons. The summed E-state index contributed by atoms with van der Waals surface area (Å²) in [7, 11) is 1.84. The van der Waals surface area contributed by atoms with Crippen LogP contribution in [-0.2, 0) is 0 Å². The molecule has 29 heavy (non-hydrogen) atoms. The molecule has 1 saturated heterocycles. The number of hydrogen-bond donors (Lipinski definition) is 0. The minimum Gasteiger partial charge on any atom is -0.486 e. The number of halogens is 2. The lowest BCUT2D eigenvalue weighted by Crippen LogP contribution is -2.44. The molecule has 1 amide bonds. The van der Waals surface area contributed by atoms with Gasteiger partial charge >= 0.3 is 0 Å². The Labute approximate surface area is 169 Å². The fraction of sp³-hybridized carbons (Fsp3) is 0.435. The van der Waals surface area contributed by atoms with Gasteiger partial charge in [-0.05, 0) is 42.7 Å². The van der Waals surface area contributed by atoms with E-state index in [9.17, 15) is 13.6 Å². The van der Waals surface area contributed by atoms with Gasteiger partial charge in [-0.2, -0.15) is 0 Å². The van der Waals surface area contributed by atoms with Gasteiger partial charge in [0.1, 0.15) is 23.5 Å². The Morgan fingerprint density at radius 1 is 1.00 bits per heavy atom. The van der Waals surface area contributed by atoms with E-state index >= 15 is 0 Å². The van der Waals surface area contributed by atoms with E-state index in [1.807, 2.05) is 7.05 Å². The lowest BCUT2D eigenvalue weighted by molar-refractivity contribution is 0.0681. The second-order valence-electron chi connectivity index (χ2n) is 8.37. The van der Waals surface area contributed by atoms with Crippen molar-refractivity contribution >= 4 is 5.91 Å². The first kappa shape index (κ1) is 18.6. The molecule has 2 fully saturated rings. The van der Waals surface area contributed by atoms with Crippen LogP contribution in [0, 0.1) is 11.6 Å². The van der Waals surface area contributed by atoms with Crippen molar-refractivity contribution in [1.82, 2.24) is 9.80 Å². The summed E-state index contributed by atoms with van der Waals surface area (Å²) in [5.41, 5.74) is 1.35. The highest BCUT2D eigenvalue weighted by atomic mass is 19.1. The van der Waals surface area contributed by atoms with Crippen LogP contribution in [0.5, 0.6) is 5.75 Å². The number of carbonyl (C=O) groups is 1. The van der Waals surface area contributed by atoms with Crippen LogP contribution in [0.2, 0.25) is 0 Å². The third-order valence-corrected chi connectivity index (χ3v) is 6.66. The molecule has 0 radical (unpaired) electrons. The average Bonchev–Trinajstić information content (AvgIpc) is 3.35. The van der Waals surface area contributed by atoms with Crippen LogP contribution in [0.4, 0.5) is 8.78 Å². The van der Waals surface area contributed by atoms with E-state index in [1.54, 1.807) is 23.1 Å². The fourth-order valence-electron chi connectivity index (χ4n) is 5.03. The lowest BCUT2D eigenvalue weighted by Gasteiger charge is -2.26. The van der Waals surface area contributed by atoms with E-state index in [4.69, 9.17) is 4.74 Å². The molecule has 0 bridgehead atoms. The molecule has 0 aromatic heterocycles. The van der Waals surface area contributed by atoms with Gasteiger partial charge in [-0.1, -0.05) is 18.9 Å². The Hall–Kier alpha value is -2.47. The van der Waals surface area contributed by atoms with Crippen molar-refractivity contribution in [3.63, 3.8) is 0 Å². The molecule has 0 spiro atoms. The maximum atomic E-state index is 14.3. The van der Waals surface area contributed by atoms with E-state index in [1.165, 1.54) is 37.8 Å². The molecule has 2 atom stereocenters. The highest BCUT2D eigenvalue weighted by Crippen LogP contribution is 2.36. The normalized spacial score (nSPS) is 24.9. The smallest absolute Gasteiger partial charge is 0.257 e. The summed E-state index contributed by atoms with van der Waals surface area (Å²) < 4.78 is 33.9. The molecule has 3 aliphatic rings. The zero-order chi connectivity index (χ0) is 20.1. The molecule has 6 heteroatoms. The first-order valence-electron chi connectivity index (χ1n) is 10.3. The van der Waals surface area contributed by atoms with Crippen molar-refractivity contribution in [2.45, 2.75) is 43.9 Å². The van der Waals surface area contributed by atoms with Crippen molar-refractivity contribution in [3.8, 4) is 16.9 Å². The van der Waals surface area contributed by atoms with Gasteiger partial charge in [0.05, 0.1) is 11.6 Å². The molecule has 1 aliphatic carbocycles. The molecule has 2 aliphatic heterocycles. The molecular formula is C23H24F2N2O2. The number of carbonyl (C=O) groups excluding carboxylic acids is 1. The van der Waals surface area contributed by atoms with Gasteiger partial charge in [0.2, 0.25) is 0 Å². The molecule has 2 heterocycles. The van der Waals surface area contributed by atoms with Crippen LogP contribution in [0.3, 0.4) is 0 Å². The Morgan fingerprint density at radius 3 is 2.52 bits per heavy atom. The van der Waals surface area contributed by atoms with Gasteiger partial charge < -0.3 is 9.64 Å². The van der Waals surface area contributed by atoms with Gasteiger partial charge in [0, 0.05) is 37.8 Å². The average molecular weight is 398 g/mol. The van der Waals surface area contributed by atoms with E-state index in [0.717, 1.165) is 19.2 Å². The summed E-state index contributed by atoms with van der Waals surface area (Å²) >= 11 is 0. The van der Waals surface area contributed by atoms with Crippen LogP contribution >= 0.6 is 0 Å². The van der Waals surface area contributed by atoms with Crippen molar-refractivity contribution < 1.29 is 18.3 Å². The number of benzene rings is 2. The quantitative estimate of drug-likeness (QED) is 0.764. The molecule has 1 saturated carbocycles. The molecule has 0 N–H and O–H groups in total. The summed E-state index contributed by atoms with van der Waals surface area (Å²) in [5, 5.41) is 0. The second-order valence-corrected chi connectivity index (χ2v) is 8.37. The van der Waals surface area contributed by atoms with Crippen molar-refractivity contribution in [1.29, 1.82) is 0 Å². The summed E-state index contributed by atoms with van der Waals surface area (Å²) in [6.45, 7) is 1.62. The largest absolute Gasteiger partial charge is 0.486 e. The minimum absolute atomic E-state index is 0.00140. The molecule has 2 aromatic carbocycles. The third kappa shape index (κ3) is 3.19. The Balaban J connectivity index is 1.48. The number of hydrogen-bond acceptors (Lipinski definition) is 3. The van der Waals surface area contributed by atoms with Crippen LogP contribution in [0.25, 0.3) is 11.1 Å². The van der Waals surface area contributed by atoms with Crippen LogP contribution in [-0.4, -0.2) is 54.0 Å². The monoisotopic (exact) mass is 398 g/mol. The van der Waals surface area contributed by atoms with Gasteiger partial charge in [-0.15, -0.1) is 0 Å². The van der Waals surface area contributed by atoms with E-state index in [2.05, 4.69) is 4.90 Å². The zero-order valence-electron chi connectivity index (χ0n) is 16.4. The van der Waals surface area contributed by atoms with Crippen molar-refractivity contribution in [2.75, 3.05) is 20.1 Å². The standard InChI is InChI=1S/C23H24F2N2O2/c1-26-20-12-27(16-4-2-3-5-16)13-22(20)29-21-10-14(6-8-18(21)23(26)28)17-9-7-15(24)11-19(17)25/h6-11,16,20,22H,2-5,12-13H2,1H3/t20-,22+/m1/s1. The fourth-order valence-corrected chi connectivity index (χ4v) is 5.03. The molecule has 2 aromatic rings. The van der Waals surface area contributed by atoms with Gasteiger partial charge in [-0.25, -0.2) is 8.78 Å². The van der Waals surface area contributed by atoms with E-state index < -0.39 is 11.6 Å². The third-order valence-electron chi connectivity index (χ3n) is 6.66. The maximum Gasteiger partial charge on any atom is 0.257 e. The Bertz CT molecular complexity index is 958. The summed E-state index contributed by atoms with van der Waals surface area (Å²) in [4.78, 5) is 17.3. The van der Waals surface area contributed by atoms with Crippen LogP contribution in [0.15, 0.2) is 36.4 Å². The van der Waals surface area contributed by atoms with Crippen LogP contribution < -0.4 is 4.74 Å². The number of likely N-dealkylation sites (N-methyl/N-ethyl adjacent to an activating group) is 1. The Kier molecular flexibility index (Phi) is 4.54. The van der Waals surface area contributed by atoms with Crippen molar-refractivity contribution in [3.05, 3.63) is 53.6 Å². The number of fused-ring (bicyclic) bond motifs is 2. The minimum atomic E-state index is -0.631. The number of likely N-dealkylation sites (tertiary alicyclic amines) is 1.